The lowest BCUT2D eigenvalue weighted by molar-refractivity contribution is 0.100. The minimum atomic E-state index is -0.443. The molecule has 0 aliphatic rings. The van der Waals surface area contributed by atoms with Gasteiger partial charge in [-0.2, -0.15) is 11.8 Å². The van der Waals surface area contributed by atoms with Crippen molar-refractivity contribution >= 4 is 23.4 Å². The molecule has 1 rings (SSSR count). The fourth-order valence-corrected chi connectivity index (χ4v) is 2.16. The van der Waals surface area contributed by atoms with Crippen LogP contribution >= 0.6 is 11.8 Å². The second-order valence-electron chi connectivity index (χ2n) is 4.36. The number of nitrogen functional groups attached to an aromatic ring is 1. The number of carbonyl (C=O) groups excluding carboxylic acids is 1. The van der Waals surface area contributed by atoms with E-state index in [9.17, 15) is 4.79 Å². The van der Waals surface area contributed by atoms with Crippen molar-refractivity contribution in [2.45, 2.75) is 13.0 Å². The maximum absolute atomic E-state index is 11.0. The van der Waals surface area contributed by atoms with E-state index in [1.165, 1.54) is 5.75 Å². The molecular weight excluding hydrogens is 246 g/mol. The van der Waals surface area contributed by atoms with Gasteiger partial charge in [0.15, 0.2) is 0 Å². The molecule has 1 amide bonds. The smallest absolute Gasteiger partial charge is 0.248 e. The van der Waals surface area contributed by atoms with Gasteiger partial charge in [0.25, 0.3) is 0 Å². The van der Waals surface area contributed by atoms with Gasteiger partial charge >= 0.3 is 0 Å². The van der Waals surface area contributed by atoms with Gasteiger partial charge in [0.05, 0.1) is 0 Å². The Hall–Kier alpha value is -1.20. The number of amides is 1. The van der Waals surface area contributed by atoms with E-state index in [1.54, 1.807) is 12.1 Å². The molecule has 0 heterocycles. The summed E-state index contributed by atoms with van der Waals surface area (Å²) in [4.78, 5) is 13.2. The third kappa shape index (κ3) is 4.58. The van der Waals surface area contributed by atoms with E-state index >= 15 is 0 Å². The minimum Gasteiger partial charge on any atom is -0.398 e. The molecule has 0 atom stereocenters. The molecule has 100 valence electrons. The average molecular weight is 267 g/mol. The largest absolute Gasteiger partial charge is 0.398 e. The summed E-state index contributed by atoms with van der Waals surface area (Å²) in [6, 6.07) is 5.25. The van der Waals surface area contributed by atoms with Crippen LogP contribution < -0.4 is 11.5 Å². The lowest BCUT2D eigenvalue weighted by atomic mass is 10.1. The molecule has 0 aliphatic carbocycles. The van der Waals surface area contributed by atoms with Crippen LogP contribution in [-0.2, 0) is 6.54 Å². The Balaban J connectivity index is 2.59. The quantitative estimate of drug-likeness (QED) is 0.581. The molecule has 18 heavy (non-hydrogen) atoms. The van der Waals surface area contributed by atoms with Gasteiger partial charge in [-0.3, -0.25) is 4.79 Å². The number of thioether (sulfide) groups is 1. The number of nitrogens with two attached hydrogens (primary N) is 2. The molecule has 0 aliphatic heterocycles. The Bertz CT molecular complexity index is 409. The van der Waals surface area contributed by atoms with Crippen LogP contribution in [0.5, 0.6) is 0 Å². The summed E-state index contributed by atoms with van der Waals surface area (Å²) < 4.78 is 0. The summed E-state index contributed by atoms with van der Waals surface area (Å²) in [6.45, 7) is 1.83. The Morgan fingerprint density at radius 1 is 1.44 bits per heavy atom. The van der Waals surface area contributed by atoms with Crippen molar-refractivity contribution in [1.29, 1.82) is 0 Å². The van der Waals surface area contributed by atoms with Crippen LogP contribution in [0.3, 0.4) is 0 Å². The Morgan fingerprint density at radius 3 is 2.72 bits per heavy atom. The van der Waals surface area contributed by atoms with E-state index in [1.807, 2.05) is 17.8 Å². The van der Waals surface area contributed by atoms with E-state index < -0.39 is 5.91 Å². The fourth-order valence-electron chi connectivity index (χ4n) is 1.74. The number of primary amides is 1. The summed E-state index contributed by atoms with van der Waals surface area (Å²) in [5.74, 6) is 0.724. The second-order valence-corrected chi connectivity index (χ2v) is 5.35. The first-order valence-corrected chi connectivity index (χ1v) is 7.29. The van der Waals surface area contributed by atoms with Crippen molar-refractivity contribution in [1.82, 2.24) is 4.90 Å². The highest BCUT2D eigenvalue weighted by Crippen LogP contribution is 2.16. The molecule has 0 spiro atoms. The van der Waals surface area contributed by atoms with E-state index in [-0.39, 0.29) is 0 Å². The first kappa shape index (κ1) is 14.9. The number of nitrogens with zero attached hydrogens (tertiary/aromatic N) is 1. The first-order chi connectivity index (χ1) is 8.54. The predicted octanol–water partition coefficient (Wildman–Crippen LogP) is 1.55. The zero-order valence-corrected chi connectivity index (χ0v) is 11.8. The molecule has 5 heteroatoms. The standard InChI is InChI=1S/C13H21N3OS/c1-16(6-3-7-18-2)9-11-5-4-10(13(15)17)8-12(11)14/h4-5,8H,3,6-7,9,14H2,1-2H3,(H2,15,17). The lowest BCUT2D eigenvalue weighted by Crippen LogP contribution is -2.20. The number of hydrogen-bond donors (Lipinski definition) is 2. The molecule has 0 aromatic heterocycles. The van der Waals surface area contributed by atoms with Crippen molar-refractivity contribution in [3.8, 4) is 0 Å². The molecule has 0 fully saturated rings. The maximum atomic E-state index is 11.0. The van der Waals surface area contributed by atoms with Gasteiger partial charge < -0.3 is 16.4 Å². The van der Waals surface area contributed by atoms with E-state index in [0.29, 0.717) is 11.3 Å². The molecule has 1 aromatic carbocycles. The molecule has 1 aromatic rings. The van der Waals surface area contributed by atoms with Crippen molar-refractivity contribution in [2.75, 3.05) is 31.3 Å². The van der Waals surface area contributed by atoms with Crippen LogP contribution in [0.15, 0.2) is 18.2 Å². The normalized spacial score (nSPS) is 10.8. The topological polar surface area (TPSA) is 72.3 Å². The third-order valence-electron chi connectivity index (χ3n) is 2.76. The number of benzene rings is 1. The molecular formula is C13H21N3OS. The number of rotatable bonds is 7. The van der Waals surface area contributed by atoms with Crippen LogP contribution in [-0.4, -0.2) is 36.4 Å². The first-order valence-electron chi connectivity index (χ1n) is 5.90. The summed E-state index contributed by atoms with van der Waals surface area (Å²) in [5.41, 5.74) is 13.3. The summed E-state index contributed by atoms with van der Waals surface area (Å²) in [6.07, 6.45) is 3.28. The van der Waals surface area contributed by atoms with Crippen LogP contribution in [0, 0.1) is 0 Å². The third-order valence-corrected chi connectivity index (χ3v) is 3.46. The SMILES string of the molecule is CSCCCN(C)Cc1ccc(C(N)=O)cc1N. The van der Waals surface area contributed by atoms with Gasteiger partial charge in [-0.15, -0.1) is 0 Å². The van der Waals surface area contributed by atoms with Gasteiger partial charge in [-0.1, -0.05) is 6.07 Å². The van der Waals surface area contributed by atoms with Crippen molar-refractivity contribution in [3.05, 3.63) is 29.3 Å². The Kier molecular flexibility index (Phi) is 6.01. The van der Waals surface area contributed by atoms with Gasteiger partial charge in [0.2, 0.25) is 5.91 Å². The van der Waals surface area contributed by atoms with Gasteiger partial charge in [-0.05, 0) is 49.7 Å². The van der Waals surface area contributed by atoms with E-state index in [4.69, 9.17) is 11.5 Å². The fraction of sp³-hybridized carbons (Fsp3) is 0.462. The molecule has 0 bridgehead atoms. The number of hydrogen-bond acceptors (Lipinski definition) is 4. The van der Waals surface area contributed by atoms with Crippen LogP contribution in [0.2, 0.25) is 0 Å². The van der Waals surface area contributed by atoms with Crippen molar-refractivity contribution in [3.63, 3.8) is 0 Å². The van der Waals surface area contributed by atoms with Gasteiger partial charge in [-0.25, -0.2) is 0 Å². The Labute approximate surface area is 113 Å². The molecule has 0 radical (unpaired) electrons. The van der Waals surface area contributed by atoms with E-state index in [0.717, 1.165) is 25.1 Å². The van der Waals surface area contributed by atoms with Crippen LogP contribution in [0.1, 0.15) is 22.3 Å². The minimum absolute atomic E-state index is 0.443. The lowest BCUT2D eigenvalue weighted by Gasteiger charge is -2.17. The molecule has 0 saturated carbocycles. The predicted molar refractivity (Wildman–Crippen MR) is 78.7 cm³/mol. The molecule has 0 unspecified atom stereocenters. The number of carbonyl (C=O) groups is 1. The van der Waals surface area contributed by atoms with Crippen molar-refractivity contribution < 1.29 is 4.79 Å². The highest BCUT2D eigenvalue weighted by atomic mass is 32.2. The van der Waals surface area contributed by atoms with Crippen LogP contribution in [0.4, 0.5) is 5.69 Å². The highest BCUT2D eigenvalue weighted by molar-refractivity contribution is 7.98. The monoisotopic (exact) mass is 267 g/mol. The van der Waals surface area contributed by atoms with Gasteiger partial charge in [0, 0.05) is 17.8 Å². The summed E-state index contributed by atoms with van der Waals surface area (Å²) >= 11 is 1.86. The molecule has 4 N–H and O–H groups in total. The zero-order chi connectivity index (χ0) is 13.5. The summed E-state index contributed by atoms with van der Waals surface area (Å²) in [5, 5.41) is 0. The number of anilines is 1. The van der Waals surface area contributed by atoms with Gasteiger partial charge in [0.1, 0.15) is 0 Å². The average Bonchev–Trinajstić information content (AvgIpc) is 2.32. The highest BCUT2D eigenvalue weighted by Gasteiger charge is 2.07. The van der Waals surface area contributed by atoms with Crippen molar-refractivity contribution in [2.24, 2.45) is 5.73 Å². The Morgan fingerprint density at radius 2 is 2.17 bits per heavy atom. The molecule has 0 saturated heterocycles. The summed E-state index contributed by atoms with van der Waals surface area (Å²) in [7, 11) is 2.07. The van der Waals surface area contributed by atoms with E-state index in [2.05, 4.69) is 18.2 Å². The maximum Gasteiger partial charge on any atom is 0.248 e. The van der Waals surface area contributed by atoms with Crippen LogP contribution in [0.25, 0.3) is 0 Å². The molecule has 4 nitrogen and oxygen atoms in total. The second kappa shape index (κ2) is 7.28. The zero-order valence-electron chi connectivity index (χ0n) is 11.0.